The predicted molar refractivity (Wildman–Crippen MR) is 117 cm³/mol. The molecule has 2 aromatic carbocycles. The molecule has 30 heavy (non-hydrogen) atoms. The standard InChI is InChI=1S/C23H26N7/c1-28-13-14-29(2)23(28)27-25-20-9-7-19(8-10-20)24-26-21-15-17-5-3-11-30-12-4-6-18(16-21)22(17)30/h7-10,13-16H,3-6,11-12H2,1-2H3/q+1. The Morgan fingerprint density at radius 2 is 1.37 bits per heavy atom. The minimum atomic E-state index is 0.786. The van der Waals surface area contributed by atoms with Gasteiger partial charge < -0.3 is 4.90 Å². The van der Waals surface area contributed by atoms with E-state index in [2.05, 4.69) is 37.5 Å². The summed E-state index contributed by atoms with van der Waals surface area (Å²) in [5, 5.41) is 17.6. The van der Waals surface area contributed by atoms with Crippen LogP contribution in [0.15, 0.2) is 69.2 Å². The third kappa shape index (κ3) is 3.63. The summed E-state index contributed by atoms with van der Waals surface area (Å²) in [6, 6.07) is 12.1. The Kier molecular flexibility index (Phi) is 4.86. The van der Waals surface area contributed by atoms with Gasteiger partial charge in [-0.05, 0) is 73.2 Å². The summed E-state index contributed by atoms with van der Waals surface area (Å²) < 4.78 is 3.86. The minimum absolute atomic E-state index is 0.786. The second kappa shape index (κ2) is 7.82. The number of hydrogen-bond donors (Lipinski definition) is 0. The number of rotatable bonds is 4. The zero-order valence-corrected chi connectivity index (χ0v) is 17.5. The number of imidazole rings is 1. The SMILES string of the molecule is Cn1cc[n+](C)c1N=Nc1ccc(N=Nc2cc3c4c(c2)CCCN4CCC3)cc1. The molecule has 2 aliphatic rings. The second-order valence-corrected chi connectivity index (χ2v) is 8.04. The van der Waals surface area contributed by atoms with Gasteiger partial charge in [-0.3, -0.25) is 0 Å². The molecule has 7 nitrogen and oxygen atoms in total. The van der Waals surface area contributed by atoms with E-state index >= 15 is 0 Å². The summed E-state index contributed by atoms with van der Waals surface area (Å²) in [5.74, 6) is 0.786. The van der Waals surface area contributed by atoms with E-state index in [4.69, 9.17) is 0 Å². The molecule has 2 aliphatic heterocycles. The van der Waals surface area contributed by atoms with Crippen molar-refractivity contribution in [3.05, 3.63) is 59.9 Å². The van der Waals surface area contributed by atoms with Gasteiger partial charge in [-0.2, -0.15) is 10.2 Å². The van der Waals surface area contributed by atoms with Gasteiger partial charge in [-0.25, -0.2) is 9.13 Å². The van der Waals surface area contributed by atoms with Crippen LogP contribution in [-0.4, -0.2) is 17.7 Å². The van der Waals surface area contributed by atoms with Crippen molar-refractivity contribution in [2.45, 2.75) is 25.7 Å². The largest absolute Gasteiger partial charge is 0.421 e. The van der Waals surface area contributed by atoms with Crippen molar-refractivity contribution < 1.29 is 4.57 Å². The molecule has 3 heterocycles. The lowest BCUT2D eigenvalue weighted by atomic mass is 9.91. The molecule has 3 aromatic rings. The van der Waals surface area contributed by atoms with Gasteiger partial charge in [0.2, 0.25) is 0 Å². The zero-order valence-electron chi connectivity index (χ0n) is 17.5. The first-order chi connectivity index (χ1) is 14.7. The average molecular weight is 401 g/mol. The lowest BCUT2D eigenvalue weighted by molar-refractivity contribution is -0.657. The van der Waals surface area contributed by atoms with Crippen molar-refractivity contribution >= 4 is 28.7 Å². The van der Waals surface area contributed by atoms with Gasteiger partial charge in [0.1, 0.15) is 5.69 Å². The molecule has 0 N–H and O–H groups in total. The van der Waals surface area contributed by atoms with E-state index in [-0.39, 0.29) is 0 Å². The number of aromatic nitrogens is 2. The van der Waals surface area contributed by atoms with Crippen LogP contribution in [0.25, 0.3) is 0 Å². The van der Waals surface area contributed by atoms with Gasteiger partial charge in [0.05, 0.1) is 37.9 Å². The van der Waals surface area contributed by atoms with Crippen LogP contribution < -0.4 is 9.47 Å². The zero-order chi connectivity index (χ0) is 20.5. The number of hydrogen-bond acceptors (Lipinski definition) is 5. The molecule has 0 saturated carbocycles. The summed E-state index contributed by atoms with van der Waals surface area (Å²) in [6.07, 6.45) is 8.63. The molecule has 0 aliphatic carbocycles. The molecule has 152 valence electrons. The molecule has 0 fully saturated rings. The first kappa shape index (κ1) is 18.7. The normalized spacial score (nSPS) is 15.9. The Hall–Kier alpha value is -3.35. The highest BCUT2D eigenvalue weighted by atomic mass is 15.3. The van der Waals surface area contributed by atoms with Crippen LogP contribution >= 0.6 is 0 Å². The fraction of sp³-hybridized carbons (Fsp3) is 0.348. The monoisotopic (exact) mass is 400 g/mol. The van der Waals surface area contributed by atoms with E-state index in [1.54, 1.807) is 0 Å². The second-order valence-electron chi connectivity index (χ2n) is 8.04. The van der Waals surface area contributed by atoms with Crippen LogP contribution in [0.2, 0.25) is 0 Å². The van der Waals surface area contributed by atoms with Crippen molar-refractivity contribution in [3.63, 3.8) is 0 Å². The van der Waals surface area contributed by atoms with Crippen LogP contribution in [-0.2, 0) is 26.9 Å². The number of azo groups is 2. The Bertz CT molecular complexity index is 1070. The number of benzene rings is 2. The van der Waals surface area contributed by atoms with Crippen molar-refractivity contribution in [1.29, 1.82) is 0 Å². The van der Waals surface area contributed by atoms with E-state index in [1.165, 1.54) is 42.7 Å². The predicted octanol–water partition coefficient (Wildman–Crippen LogP) is 5.38. The maximum atomic E-state index is 4.53. The van der Waals surface area contributed by atoms with E-state index in [1.807, 2.05) is 59.9 Å². The van der Waals surface area contributed by atoms with Gasteiger partial charge >= 0.3 is 5.95 Å². The van der Waals surface area contributed by atoms with Gasteiger partial charge in [0, 0.05) is 23.9 Å². The highest BCUT2D eigenvalue weighted by Crippen LogP contribution is 2.38. The molecule has 0 unspecified atom stereocenters. The summed E-state index contributed by atoms with van der Waals surface area (Å²) >= 11 is 0. The van der Waals surface area contributed by atoms with Gasteiger partial charge in [0.15, 0.2) is 0 Å². The quantitative estimate of drug-likeness (QED) is 0.428. The molecule has 0 radical (unpaired) electrons. The Labute approximate surface area is 176 Å². The van der Waals surface area contributed by atoms with E-state index in [9.17, 15) is 0 Å². The lowest BCUT2D eigenvalue weighted by Gasteiger charge is -2.36. The maximum Gasteiger partial charge on any atom is 0.421 e. The first-order valence-corrected chi connectivity index (χ1v) is 10.5. The Balaban J connectivity index is 1.33. The number of aryl methyl sites for hydroxylation is 4. The molecule has 0 atom stereocenters. The molecule has 7 heteroatoms. The van der Waals surface area contributed by atoms with Gasteiger partial charge in [-0.1, -0.05) is 5.11 Å². The van der Waals surface area contributed by atoms with E-state index in [0.29, 0.717) is 0 Å². The molecule has 0 amide bonds. The van der Waals surface area contributed by atoms with E-state index < -0.39 is 0 Å². The highest BCUT2D eigenvalue weighted by Gasteiger charge is 2.24. The third-order valence-corrected chi connectivity index (χ3v) is 5.85. The highest BCUT2D eigenvalue weighted by molar-refractivity contribution is 5.67. The average Bonchev–Trinajstić information content (AvgIpc) is 3.09. The minimum Gasteiger partial charge on any atom is -0.371 e. The van der Waals surface area contributed by atoms with Crippen LogP contribution in [0.1, 0.15) is 24.0 Å². The molecular weight excluding hydrogens is 374 g/mol. The molecule has 0 saturated heterocycles. The summed E-state index contributed by atoms with van der Waals surface area (Å²) in [5.41, 5.74) is 6.87. The molecule has 0 spiro atoms. The smallest absolute Gasteiger partial charge is 0.371 e. The summed E-state index contributed by atoms with van der Waals surface area (Å²) in [6.45, 7) is 2.37. The lowest BCUT2D eigenvalue weighted by Crippen LogP contribution is -2.34. The van der Waals surface area contributed by atoms with Crippen LogP contribution in [0.3, 0.4) is 0 Å². The third-order valence-electron chi connectivity index (χ3n) is 5.85. The Morgan fingerprint density at radius 1 is 0.800 bits per heavy atom. The Morgan fingerprint density at radius 3 is 1.93 bits per heavy atom. The molecule has 0 bridgehead atoms. The maximum absolute atomic E-state index is 4.53. The molecule has 5 rings (SSSR count). The van der Waals surface area contributed by atoms with Crippen molar-refractivity contribution in [1.82, 2.24) is 4.57 Å². The van der Waals surface area contributed by atoms with Crippen LogP contribution in [0.5, 0.6) is 0 Å². The first-order valence-electron chi connectivity index (χ1n) is 10.5. The number of anilines is 1. The fourth-order valence-corrected chi connectivity index (χ4v) is 4.37. The van der Waals surface area contributed by atoms with Crippen LogP contribution in [0.4, 0.5) is 28.7 Å². The number of nitrogens with zero attached hydrogens (tertiary/aromatic N) is 7. The van der Waals surface area contributed by atoms with Crippen molar-refractivity contribution in [3.8, 4) is 0 Å². The molecular formula is C23H26N7+. The molecule has 1 aromatic heterocycles. The summed E-state index contributed by atoms with van der Waals surface area (Å²) in [4.78, 5) is 2.54. The summed E-state index contributed by atoms with van der Waals surface area (Å²) in [7, 11) is 3.90. The fourth-order valence-electron chi connectivity index (χ4n) is 4.37. The van der Waals surface area contributed by atoms with E-state index in [0.717, 1.165) is 35.9 Å². The van der Waals surface area contributed by atoms with Crippen LogP contribution in [0, 0.1) is 0 Å². The van der Waals surface area contributed by atoms with Crippen molar-refractivity contribution in [2.24, 2.45) is 34.6 Å². The van der Waals surface area contributed by atoms with Crippen molar-refractivity contribution in [2.75, 3.05) is 18.0 Å². The van der Waals surface area contributed by atoms with Gasteiger partial charge in [0.25, 0.3) is 0 Å². The van der Waals surface area contributed by atoms with Gasteiger partial charge in [-0.15, -0.1) is 0 Å². The topological polar surface area (TPSA) is 61.5 Å².